The predicted molar refractivity (Wildman–Crippen MR) is 60.5 cm³/mol. The van der Waals surface area contributed by atoms with Crippen LogP contribution in [0.2, 0.25) is 0 Å². The first-order chi connectivity index (χ1) is 7.20. The molecule has 4 nitrogen and oxygen atoms in total. The average molecular weight is 207 g/mol. The van der Waals surface area contributed by atoms with Crippen LogP contribution < -0.4 is 5.32 Å². The van der Waals surface area contributed by atoms with Crippen LogP contribution in [-0.4, -0.2) is 22.2 Å². The van der Waals surface area contributed by atoms with Gasteiger partial charge in [0.1, 0.15) is 5.69 Å². The molecule has 82 valence electrons. The van der Waals surface area contributed by atoms with Gasteiger partial charge in [0.2, 0.25) is 0 Å². The van der Waals surface area contributed by atoms with Gasteiger partial charge in [0, 0.05) is 19.2 Å². The van der Waals surface area contributed by atoms with E-state index in [1.54, 1.807) is 24.0 Å². The van der Waals surface area contributed by atoms with Gasteiger partial charge in [-0.25, -0.2) is 0 Å². The van der Waals surface area contributed by atoms with Gasteiger partial charge in [0.25, 0.3) is 5.91 Å². The molecule has 0 saturated heterocycles. The van der Waals surface area contributed by atoms with Gasteiger partial charge in [0.05, 0.1) is 6.20 Å². The topological polar surface area (TPSA) is 46.9 Å². The van der Waals surface area contributed by atoms with Gasteiger partial charge in [-0.3, -0.25) is 9.48 Å². The van der Waals surface area contributed by atoms with Gasteiger partial charge in [-0.05, 0) is 6.42 Å². The number of nitrogens with zero attached hydrogens (tertiary/aromatic N) is 2. The zero-order valence-corrected chi connectivity index (χ0v) is 9.29. The van der Waals surface area contributed by atoms with Gasteiger partial charge >= 0.3 is 0 Å². The molecule has 0 saturated carbocycles. The summed E-state index contributed by atoms with van der Waals surface area (Å²) in [4.78, 5) is 11.8. The zero-order valence-electron chi connectivity index (χ0n) is 9.29. The highest BCUT2D eigenvalue weighted by Crippen LogP contribution is 2.08. The number of rotatable bonds is 5. The van der Waals surface area contributed by atoms with Crippen LogP contribution in [0, 0.1) is 0 Å². The Kier molecular flexibility index (Phi) is 4.09. The summed E-state index contributed by atoms with van der Waals surface area (Å²) >= 11 is 0. The lowest BCUT2D eigenvalue weighted by molar-refractivity contribution is 0.0943. The summed E-state index contributed by atoms with van der Waals surface area (Å²) in [6.45, 7) is 6.44. The second-order valence-corrected chi connectivity index (χ2v) is 3.39. The number of unbranched alkanes of at least 4 members (excludes halogenated alkanes) is 1. The highest BCUT2D eigenvalue weighted by molar-refractivity contribution is 5.95. The highest BCUT2D eigenvalue weighted by Gasteiger charge is 2.13. The minimum atomic E-state index is -0.0849. The average Bonchev–Trinajstić information content (AvgIpc) is 2.59. The van der Waals surface area contributed by atoms with Crippen LogP contribution in [0.15, 0.2) is 12.8 Å². The van der Waals surface area contributed by atoms with Gasteiger partial charge in [-0.2, -0.15) is 5.10 Å². The van der Waals surface area contributed by atoms with Gasteiger partial charge in [-0.1, -0.05) is 26.0 Å². The summed E-state index contributed by atoms with van der Waals surface area (Å²) < 4.78 is 1.57. The van der Waals surface area contributed by atoms with E-state index in [1.165, 1.54) is 0 Å². The maximum absolute atomic E-state index is 11.8. The van der Waals surface area contributed by atoms with E-state index in [-0.39, 0.29) is 5.91 Å². The molecular weight excluding hydrogens is 190 g/mol. The van der Waals surface area contributed by atoms with E-state index in [4.69, 9.17) is 0 Å². The zero-order chi connectivity index (χ0) is 11.3. The van der Waals surface area contributed by atoms with Crippen molar-refractivity contribution >= 4 is 12.0 Å². The molecule has 1 amide bonds. The van der Waals surface area contributed by atoms with Crippen molar-refractivity contribution < 1.29 is 4.79 Å². The Balaban J connectivity index is 2.72. The molecule has 0 atom stereocenters. The van der Waals surface area contributed by atoms with E-state index < -0.39 is 0 Å². The van der Waals surface area contributed by atoms with E-state index >= 15 is 0 Å². The third-order valence-corrected chi connectivity index (χ3v) is 2.22. The minimum Gasteiger partial charge on any atom is -0.351 e. The van der Waals surface area contributed by atoms with Crippen molar-refractivity contribution in [1.29, 1.82) is 0 Å². The van der Waals surface area contributed by atoms with Gasteiger partial charge < -0.3 is 5.32 Å². The van der Waals surface area contributed by atoms with Crippen LogP contribution >= 0.6 is 0 Å². The fourth-order valence-corrected chi connectivity index (χ4v) is 1.34. The highest BCUT2D eigenvalue weighted by atomic mass is 16.2. The first-order valence-corrected chi connectivity index (χ1v) is 5.13. The van der Waals surface area contributed by atoms with E-state index in [0.29, 0.717) is 12.2 Å². The van der Waals surface area contributed by atoms with Crippen molar-refractivity contribution in [1.82, 2.24) is 15.1 Å². The van der Waals surface area contributed by atoms with Crippen molar-refractivity contribution in [2.75, 3.05) is 6.54 Å². The molecular formula is C11H17N3O. The number of hydrogen-bond donors (Lipinski definition) is 1. The molecule has 0 aliphatic carbocycles. The summed E-state index contributed by atoms with van der Waals surface area (Å²) in [6.07, 6.45) is 5.34. The molecule has 15 heavy (non-hydrogen) atoms. The predicted octanol–water partition coefficient (Wildman–Crippen LogP) is 1.59. The smallest absolute Gasteiger partial charge is 0.270 e. The van der Waals surface area contributed by atoms with Crippen LogP contribution in [0.1, 0.15) is 35.8 Å². The summed E-state index contributed by atoms with van der Waals surface area (Å²) in [7, 11) is 1.75. The SMILES string of the molecule is C=Cc1cnn(C)c1C(=O)NCCCC. The van der Waals surface area contributed by atoms with Crippen molar-refractivity contribution in [3.63, 3.8) is 0 Å². The van der Waals surface area contributed by atoms with E-state index in [1.807, 2.05) is 0 Å². The Bertz CT molecular complexity index is 355. The molecule has 1 heterocycles. The number of aromatic nitrogens is 2. The third kappa shape index (κ3) is 2.68. The van der Waals surface area contributed by atoms with Gasteiger partial charge in [-0.15, -0.1) is 0 Å². The molecule has 0 spiro atoms. The van der Waals surface area contributed by atoms with Crippen molar-refractivity contribution in [2.24, 2.45) is 7.05 Å². The van der Waals surface area contributed by atoms with E-state index in [2.05, 4.69) is 23.9 Å². The maximum Gasteiger partial charge on any atom is 0.270 e. The monoisotopic (exact) mass is 207 g/mol. The van der Waals surface area contributed by atoms with Crippen molar-refractivity contribution in [2.45, 2.75) is 19.8 Å². The summed E-state index contributed by atoms with van der Waals surface area (Å²) in [5.41, 5.74) is 1.34. The van der Waals surface area contributed by atoms with E-state index in [9.17, 15) is 4.79 Å². The maximum atomic E-state index is 11.8. The normalized spacial score (nSPS) is 10.0. The fraction of sp³-hybridized carbons (Fsp3) is 0.455. The quantitative estimate of drug-likeness (QED) is 0.745. The second kappa shape index (κ2) is 5.34. The van der Waals surface area contributed by atoms with E-state index in [0.717, 1.165) is 18.4 Å². The molecule has 0 aromatic carbocycles. The molecule has 1 aromatic rings. The lowest BCUT2D eigenvalue weighted by Crippen LogP contribution is -2.27. The first kappa shape index (κ1) is 11.5. The lowest BCUT2D eigenvalue weighted by Gasteiger charge is -2.05. The molecule has 1 rings (SSSR count). The second-order valence-electron chi connectivity index (χ2n) is 3.39. The largest absolute Gasteiger partial charge is 0.351 e. The Hall–Kier alpha value is -1.58. The Morgan fingerprint density at radius 3 is 3.07 bits per heavy atom. The number of hydrogen-bond acceptors (Lipinski definition) is 2. The van der Waals surface area contributed by atoms with Crippen LogP contribution in [-0.2, 0) is 7.05 Å². The molecule has 4 heteroatoms. The molecule has 0 bridgehead atoms. The van der Waals surface area contributed by atoms with Crippen molar-refractivity contribution in [3.8, 4) is 0 Å². The molecule has 1 N–H and O–H groups in total. The van der Waals surface area contributed by atoms with Crippen LogP contribution in [0.3, 0.4) is 0 Å². The Morgan fingerprint density at radius 2 is 2.47 bits per heavy atom. The lowest BCUT2D eigenvalue weighted by atomic mass is 10.2. The summed E-state index contributed by atoms with van der Waals surface area (Å²) in [6, 6.07) is 0. The minimum absolute atomic E-state index is 0.0849. The Labute approximate surface area is 90.0 Å². The fourth-order valence-electron chi connectivity index (χ4n) is 1.34. The summed E-state index contributed by atoms with van der Waals surface area (Å²) in [5, 5.41) is 6.88. The van der Waals surface area contributed by atoms with Crippen LogP contribution in [0.25, 0.3) is 6.08 Å². The molecule has 0 aliphatic heterocycles. The number of carbonyl (C=O) groups excluding carboxylic acids is 1. The van der Waals surface area contributed by atoms with Crippen LogP contribution in [0.5, 0.6) is 0 Å². The number of aryl methyl sites for hydroxylation is 1. The Morgan fingerprint density at radius 1 is 1.73 bits per heavy atom. The number of amides is 1. The molecule has 1 aromatic heterocycles. The van der Waals surface area contributed by atoms with Gasteiger partial charge in [0.15, 0.2) is 0 Å². The molecule has 0 radical (unpaired) electrons. The van der Waals surface area contributed by atoms with Crippen molar-refractivity contribution in [3.05, 3.63) is 24.0 Å². The van der Waals surface area contributed by atoms with Crippen LogP contribution in [0.4, 0.5) is 0 Å². The number of nitrogens with one attached hydrogen (secondary N) is 1. The molecule has 0 fully saturated rings. The molecule has 0 unspecified atom stereocenters. The standard InChI is InChI=1S/C11H17N3O/c1-4-6-7-12-11(15)10-9(5-2)8-13-14(10)3/h5,8H,2,4,6-7H2,1,3H3,(H,12,15). The molecule has 0 aliphatic rings. The number of carbonyl (C=O) groups is 1. The summed E-state index contributed by atoms with van der Waals surface area (Å²) in [5.74, 6) is -0.0849. The first-order valence-electron chi connectivity index (χ1n) is 5.13. The third-order valence-electron chi connectivity index (χ3n) is 2.22.